The molecule has 0 amide bonds. The average molecular weight is 216 g/mol. The molecule has 1 unspecified atom stereocenters. The van der Waals surface area contributed by atoms with Gasteiger partial charge in [-0.05, 0) is 25.8 Å². The second kappa shape index (κ2) is 9.13. The molecule has 3 heteroatoms. The molecule has 0 aromatic rings. The van der Waals surface area contributed by atoms with E-state index < -0.39 is 0 Å². The van der Waals surface area contributed by atoms with Crippen molar-refractivity contribution in [3.63, 3.8) is 0 Å². The highest BCUT2D eigenvalue weighted by Gasteiger charge is 2.09. The molecule has 15 heavy (non-hydrogen) atoms. The fourth-order valence-corrected chi connectivity index (χ4v) is 1.96. The van der Waals surface area contributed by atoms with E-state index in [1.165, 1.54) is 13.1 Å². The number of aliphatic hydroxyl groups is 1. The highest BCUT2D eigenvalue weighted by molar-refractivity contribution is 4.68. The third kappa shape index (κ3) is 6.88. The Balaban J connectivity index is 0.00000196. The molecule has 0 aromatic heterocycles. The van der Waals surface area contributed by atoms with Crippen LogP contribution in [0.3, 0.4) is 0 Å². The fourth-order valence-electron chi connectivity index (χ4n) is 1.96. The second-order valence-electron chi connectivity index (χ2n) is 4.18. The van der Waals surface area contributed by atoms with E-state index in [1.54, 1.807) is 0 Å². The van der Waals surface area contributed by atoms with Crippen molar-refractivity contribution in [3.05, 3.63) is 0 Å². The second-order valence-corrected chi connectivity index (χ2v) is 4.18. The average Bonchev–Trinajstić information content (AvgIpc) is 2.20. The number of nitrogens with zero attached hydrogens (tertiary/aromatic N) is 1. The highest BCUT2D eigenvalue weighted by Crippen LogP contribution is 2.05. The van der Waals surface area contributed by atoms with Crippen molar-refractivity contribution >= 4 is 0 Å². The van der Waals surface area contributed by atoms with Crippen LogP contribution >= 0.6 is 0 Å². The summed E-state index contributed by atoms with van der Waals surface area (Å²) in [7, 11) is 0. The van der Waals surface area contributed by atoms with Crippen LogP contribution in [0.25, 0.3) is 0 Å². The molecule has 1 atom stereocenters. The summed E-state index contributed by atoms with van der Waals surface area (Å²) in [5.41, 5.74) is 0. The van der Waals surface area contributed by atoms with Gasteiger partial charge in [0.15, 0.2) is 0 Å². The summed E-state index contributed by atoms with van der Waals surface area (Å²) in [6.07, 6.45) is 4.10. The van der Waals surface area contributed by atoms with Crippen molar-refractivity contribution in [2.75, 3.05) is 32.7 Å². The van der Waals surface area contributed by atoms with Gasteiger partial charge in [0, 0.05) is 26.2 Å². The van der Waals surface area contributed by atoms with Crippen molar-refractivity contribution < 1.29 is 5.11 Å². The number of hydrogen-bond donors (Lipinski definition) is 2. The van der Waals surface area contributed by atoms with Crippen LogP contribution in [-0.2, 0) is 0 Å². The summed E-state index contributed by atoms with van der Waals surface area (Å²) < 4.78 is 0. The van der Waals surface area contributed by atoms with Gasteiger partial charge in [0.1, 0.15) is 0 Å². The Hall–Kier alpha value is -0.120. The van der Waals surface area contributed by atoms with E-state index in [0.29, 0.717) is 0 Å². The predicted molar refractivity (Wildman–Crippen MR) is 66.2 cm³/mol. The van der Waals surface area contributed by atoms with Crippen LogP contribution in [0.5, 0.6) is 0 Å². The van der Waals surface area contributed by atoms with E-state index in [0.717, 1.165) is 45.3 Å². The third-order valence-corrected chi connectivity index (χ3v) is 2.84. The molecular weight excluding hydrogens is 188 g/mol. The minimum Gasteiger partial charge on any atom is -0.393 e. The first-order valence-electron chi connectivity index (χ1n) is 5.94. The number of aliphatic hydroxyl groups excluding tert-OH is 1. The molecule has 92 valence electrons. The van der Waals surface area contributed by atoms with Crippen molar-refractivity contribution in [2.24, 2.45) is 0 Å². The van der Waals surface area contributed by atoms with Crippen LogP contribution in [0.4, 0.5) is 0 Å². The first-order chi connectivity index (χ1) is 6.83. The molecule has 1 aliphatic heterocycles. The van der Waals surface area contributed by atoms with Gasteiger partial charge in [0.05, 0.1) is 6.10 Å². The van der Waals surface area contributed by atoms with E-state index in [9.17, 15) is 5.11 Å². The van der Waals surface area contributed by atoms with E-state index >= 15 is 0 Å². The third-order valence-electron chi connectivity index (χ3n) is 2.84. The molecule has 1 saturated heterocycles. The molecule has 1 aliphatic rings. The maximum absolute atomic E-state index is 9.55. The molecule has 1 fully saturated rings. The van der Waals surface area contributed by atoms with Crippen LogP contribution in [0, 0.1) is 0 Å². The largest absolute Gasteiger partial charge is 0.393 e. The fraction of sp³-hybridized carbons (Fsp3) is 1.00. The van der Waals surface area contributed by atoms with Gasteiger partial charge >= 0.3 is 0 Å². The SMILES string of the molecule is C.CCCC(O)CCCN1CCNCC1. The van der Waals surface area contributed by atoms with Crippen molar-refractivity contribution in [3.8, 4) is 0 Å². The normalized spacial score (nSPS) is 19.6. The zero-order valence-corrected chi connectivity index (χ0v) is 9.34. The molecule has 0 bridgehead atoms. The Morgan fingerprint density at radius 3 is 2.53 bits per heavy atom. The van der Waals surface area contributed by atoms with E-state index in [4.69, 9.17) is 0 Å². The van der Waals surface area contributed by atoms with E-state index in [2.05, 4.69) is 17.1 Å². The molecule has 0 saturated carbocycles. The lowest BCUT2D eigenvalue weighted by Gasteiger charge is -2.27. The lowest BCUT2D eigenvalue weighted by atomic mass is 10.1. The molecule has 0 aromatic carbocycles. The van der Waals surface area contributed by atoms with Crippen LogP contribution in [0.2, 0.25) is 0 Å². The van der Waals surface area contributed by atoms with Crippen LogP contribution in [0.15, 0.2) is 0 Å². The standard InChI is InChI=1S/C11H24N2O.CH4/c1-2-4-11(14)5-3-8-13-9-6-12-7-10-13;/h11-12,14H,2-10H2,1H3;1H4. The maximum Gasteiger partial charge on any atom is 0.0540 e. The molecule has 1 rings (SSSR count). The summed E-state index contributed by atoms with van der Waals surface area (Å²) in [5, 5.41) is 12.9. The molecule has 1 heterocycles. The summed E-state index contributed by atoms with van der Waals surface area (Å²) in [6, 6.07) is 0. The minimum absolute atomic E-state index is 0. The Morgan fingerprint density at radius 1 is 1.27 bits per heavy atom. The van der Waals surface area contributed by atoms with Gasteiger partial charge in [-0.3, -0.25) is 0 Å². The topological polar surface area (TPSA) is 35.5 Å². The van der Waals surface area contributed by atoms with Crippen LogP contribution in [-0.4, -0.2) is 48.8 Å². The maximum atomic E-state index is 9.55. The highest BCUT2D eigenvalue weighted by atomic mass is 16.3. The molecule has 3 nitrogen and oxygen atoms in total. The van der Waals surface area contributed by atoms with Gasteiger partial charge in [0.2, 0.25) is 0 Å². The van der Waals surface area contributed by atoms with Crippen molar-refractivity contribution in [2.45, 2.75) is 46.1 Å². The molecule has 0 aliphatic carbocycles. The zero-order valence-electron chi connectivity index (χ0n) is 9.34. The molecular formula is C12H28N2O. The number of hydrogen-bond acceptors (Lipinski definition) is 3. The van der Waals surface area contributed by atoms with Crippen LogP contribution < -0.4 is 5.32 Å². The lowest BCUT2D eigenvalue weighted by Crippen LogP contribution is -2.43. The van der Waals surface area contributed by atoms with Gasteiger partial charge in [-0.25, -0.2) is 0 Å². The summed E-state index contributed by atoms with van der Waals surface area (Å²) in [6.45, 7) is 7.87. The van der Waals surface area contributed by atoms with Crippen molar-refractivity contribution in [1.29, 1.82) is 0 Å². The van der Waals surface area contributed by atoms with Gasteiger partial charge in [-0.1, -0.05) is 20.8 Å². The predicted octanol–water partition coefficient (Wildman–Crippen LogP) is 1.47. The molecule has 2 N–H and O–H groups in total. The minimum atomic E-state index is -0.0667. The monoisotopic (exact) mass is 216 g/mol. The van der Waals surface area contributed by atoms with Gasteiger partial charge in [-0.15, -0.1) is 0 Å². The molecule has 0 spiro atoms. The Bertz CT molecular complexity index is 136. The van der Waals surface area contributed by atoms with Crippen molar-refractivity contribution in [1.82, 2.24) is 10.2 Å². The van der Waals surface area contributed by atoms with Gasteiger partial charge in [-0.2, -0.15) is 0 Å². The summed E-state index contributed by atoms with van der Waals surface area (Å²) >= 11 is 0. The number of piperazine rings is 1. The summed E-state index contributed by atoms with van der Waals surface area (Å²) in [4.78, 5) is 2.48. The first kappa shape index (κ1) is 14.9. The Morgan fingerprint density at radius 2 is 1.93 bits per heavy atom. The van der Waals surface area contributed by atoms with Gasteiger partial charge in [0.25, 0.3) is 0 Å². The van der Waals surface area contributed by atoms with E-state index in [-0.39, 0.29) is 13.5 Å². The first-order valence-corrected chi connectivity index (χ1v) is 5.94. The van der Waals surface area contributed by atoms with Crippen LogP contribution in [0.1, 0.15) is 40.0 Å². The van der Waals surface area contributed by atoms with Gasteiger partial charge < -0.3 is 15.3 Å². The zero-order chi connectivity index (χ0) is 10.2. The molecule has 0 radical (unpaired) electrons. The number of rotatable bonds is 6. The smallest absolute Gasteiger partial charge is 0.0540 e. The Labute approximate surface area is 94.9 Å². The quantitative estimate of drug-likeness (QED) is 0.706. The Kier molecular flexibility index (Phi) is 9.06. The number of nitrogens with one attached hydrogen (secondary N) is 1. The van der Waals surface area contributed by atoms with E-state index in [1.807, 2.05) is 0 Å². The summed E-state index contributed by atoms with van der Waals surface area (Å²) in [5.74, 6) is 0. The lowest BCUT2D eigenvalue weighted by molar-refractivity contribution is 0.141.